The molecule has 0 radical (unpaired) electrons. The summed E-state index contributed by atoms with van der Waals surface area (Å²) in [6, 6.07) is 9.01. The van der Waals surface area contributed by atoms with Gasteiger partial charge in [-0.1, -0.05) is 63.9 Å². The fourth-order valence-electron chi connectivity index (χ4n) is 5.30. The van der Waals surface area contributed by atoms with E-state index in [-0.39, 0.29) is 37.2 Å². The number of benzene rings is 1. The normalized spacial score (nSPS) is 20.2. The summed E-state index contributed by atoms with van der Waals surface area (Å²) in [6.45, 7) is 3.16. The number of tetrazole rings is 1. The van der Waals surface area contributed by atoms with Crippen LogP contribution in [0.25, 0.3) is 0 Å². The van der Waals surface area contributed by atoms with E-state index in [4.69, 9.17) is 0 Å². The molecule has 1 aromatic heterocycles. The van der Waals surface area contributed by atoms with Gasteiger partial charge in [-0.2, -0.15) is 4.80 Å². The molecule has 1 saturated heterocycles. The Balaban J connectivity index is 0.00000342. The van der Waals surface area contributed by atoms with Gasteiger partial charge in [0.05, 0.1) is 18.6 Å². The van der Waals surface area contributed by atoms with Crippen LogP contribution in [0.4, 0.5) is 0 Å². The number of hydrogen-bond acceptors (Lipinski definition) is 6. The largest absolute Gasteiger partial charge is 0.343 e. The van der Waals surface area contributed by atoms with Crippen LogP contribution in [0, 0.1) is 5.92 Å². The van der Waals surface area contributed by atoms with Crippen molar-refractivity contribution in [3.05, 3.63) is 41.7 Å². The third-order valence-electron chi connectivity index (χ3n) is 7.23. The molecule has 9 nitrogen and oxygen atoms in total. The Labute approximate surface area is 209 Å². The van der Waals surface area contributed by atoms with Crippen molar-refractivity contribution in [3.8, 4) is 0 Å². The second-order valence-corrected chi connectivity index (χ2v) is 9.49. The predicted molar refractivity (Wildman–Crippen MR) is 135 cm³/mol. The molecule has 0 spiro atoms. The number of nitrogens with one attached hydrogen (secondary N) is 2. The van der Waals surface area contributed by atoms with Gasteiger partial charge in [-0.25, -0.2) is 0 Å². The molecule has 2 fully saturated rings. The third kappa shape index (κ3) is 6.45. The number of likely N-dealkylation sites (N-methyl/N-ethyl adjacent to an activating group) is 1. The number of aromatic nitrogens is 4. The molecule has 3 atom stereocenters. The highest BCUT2D eigenvalue weighted by Crippen LogP contribution is 2.33. The topological polar surface area (TPSA) is 105 Å². The first-order chi connectivity index (χ1) is 16.6. The minimum absolute atomic E-state index is 0. The number of carbonyl (C=O) groups is 2. The molecule has 9 heteroatoms. The molecule has 1 aliphatic heterocycles. The minimum atomic E-state index is -0.504. The molecule has 2 N–H and O–H groups in total. The lowest BCUT2D eigenvalue weighted by atomic mass is 9.83. The molecule has 1 aromatic carbocycles. The van der Waals surface area contributed by atoms with Gasteiger partial charge in [0.15, 0.2) is 5.82 Å². The molecular weight excluding hydrogens is 442 g/mol. The van der Waals surface area contributed by atoms with Gasteiger partial charge in [-0.05, 0) is 55.8 Å². The second kappa shape index (κ2) is 12.8. The summed E-state index contributed by atoms with van der Waals surface area (Å²) in [6.07, 6.45) is 7.72. The molecule has 4 rings (SSSR count). The Morgan fingerprint density at radius 3 is 2.51 bits per heavy atom. The number of rotatable bonds is 9. The monoisotopic (exact) mass is 483 g/mol. The molecule has 2 heterocycles. The van der Waals surface area contributed by atoms with E-state index in [0.717, 1.165) is 44.1 Å². The number of nitrogens with zero attached hydrogens (tertiary/aromatic N) is 5. The summed E-state index contributed by atoms with van der Waals surface area (Å²) < 4.78 is 0. The first kappa shape index (κ1) is 26.8. The van der Waals surface area contributed by atoms with Gasteiger partial charge in [-0.15, -0.1) is 10.2 Å². The summed E-state index contributed by atoms with van der Waals surface area (Å²) >= 11 is 0. The quantitative estimate of drug-likeness (QED) is 0.568. The summed E-state index contributed by atoms with van der Waals surface area (Å²) in [5.74, 6) is 0.643. The van der Waals surface area contributed by atoms with Crippen LogP contribution in [-0.2, 0) is 16.1 Å². The van der Waals surface area contributed by atoms with Crippen molar-refractivity contribution in [3.63, 3.8) is 0 Å². The average molecular weight is 484 g/mol. The molecule has 1 unspecified atom stereocenters. The molecule has 2 aromatic rings. The third-order valence-corrected chi connectivity index (χ3v) is 7.23. The van der Waals surface area contributed by atoms with Gasteiger partial charge in [0, 0.05) is 6.54 Å². The van der Waals surface area contributed by atoms with Gasteiger partial charge >= 0.3 is 0 Å². The summed E-state index contributed by atoms with van der Waals surface area (Å²) in [5, 5.41) is 19.3. The zero-order valence-electron chi connectivity index (χ0n) is 20.3. The highest BCUT2D eigenvalue weighted by Gasteiger charge is 2.40. The lowest BCUT2D eigenvalue weighted by Crippen LogP contribution is -2.56. The Kier molecular flexibility index (Phi) is 9.77. The Morgan fingerprint density at radius 1 is 1.09 bits per heavy atom. The van der Waals surface area contributed by atoms with Crippen LogP contribution in [0.2, 0.25) is 0 Å². The SMILES string of the molecule is C.CC[C@H](NC)C(=O)NC(C(=O)N1CCC[C@H]1c1nnn(Cc2ccccc2)n1)C1CCCCC1. The van der Waals surface area contributed by atoms with E-state index >= 15 is 0 Å². The van der Waals surface area contributed by atoms with E-state index in [1.807, 2.05) is 42.2 Å². The van der Waals surface area contributed by atoms with Crippen LogP contribution >= 0.6 is 0 Å². The molecule has 1 saturated carbocycles. The van der Waals surface area contributed by atoms with E-state index in [1.165, 1.54) is 6.42 Å². The van der Waals surface area contributed by atoms with Crippen LogP contribution in [0.1, 0.15) is 83.1 Å². The van der Waals surface area contributed by atoms with E-state index in [2.05, 4.69) is 26.0 Å². The number of likely N-dealkylation sites (tertiary alicyclic amines) is 1. The standard InChI is InChI=1S/C25H37N7O2.CH4/c1-3-20(26-2)24(33)27-22(19-13-8-5-9-14-19)25(34)31-16-10-15-21(31)23-28-30-32(29-23)17-18-11-6-4-7-12-18;/h4,6-7,11-12,19-22,26H,3,5,8-10,13-17H2,1-2H3,(H,27,33);1H4/t20-,21-,22?;/m0./s1. The maximum Gasteiger partial charge on any atom is 0.246 e. The number of amides is 2. The maximum atomic E-state index is 13.9. The Bertz CT molecular complexity index is 938. The summed E-state index contributed by atoms with van der Waals surface area (Å²) in [5.41, 5.74) is 1.10. The smallest absolute Gasteiger partial charge is 0.246 e. The molecule has 2 amide bonds. The molecule has 2 aliphatic rings. The van der Waals surface area contributed by atoms with Crippen molar-refractivity contribution in [2.45, 2.75) is 90.4 Å². The summed E-state index contributed by atoms with van der Waals surface area (Å²) in [7, 11) is 1.78. The Hall–Kier alpha value is -2.81. The number of carbonyl (C=O) groups excluding carboxylic acids is 2. The van der Waals surface area contributed by atoms with Crippen molar-refractivity contribution >= 4 is 11.8 Å². The highest BCUT2D eigenvalue weighted by atomic mass is 16.2. The van der Waals surface area contributed by atoms with Gasteiger partial charge in [0.2, 0.25) is 11.8 Å². The molecular formula is C26H41N7O2. The fraction of sp³-hybridized carbons (Fsp3) is 0.654. The number of hydrogen-bond donors (Lipinski definition) is 2. The van der Waals surface area contributed by atoms with Gasteiger partial charge in [-0.3, -0.25) is 9.59 Å². The van der Waals surface area contributed by atoms with Crippen LogP contribution in [0.3, 0.4) is 0 Å². The zero-order valence-corrected chi connectivity index (χ0v) is 20.3. The maximum absolute atomic E-state index is 13.9. The Morgan fingerprint density at radius 2 is 1.83 bits per heavy atom. The highest BCUT2D eigenvalue weighted by molar-refractivity contribution is 5.90. The van der Waals surface area contributed by atoms with Crippen LogP contribution < -0.4 is 10.6 Å². The molecule has 192 valence electrons. The zero-order chi connectivity index (χ0) is 23.9. The molecule has 35 heavy (non-hydrogen) atoms. The van der Waals surface area contributed by atoms with E-state index < -0.39 is 6.04 Å². The van der Waals surface area contributed by atoms with Crippen LogP contribution in [0.5, 0.6) is 0 Å². The van der Waals surface area contributed by atoms with E-state index in [1.54, 1.807) is 11.8 Å². The van der Waals surface area contributed by atoms with Gasteiger partial charge in [0.25, 0.3) is 0 Å². The van der Waals surface area contributed by atoms with Gasteiger partial charge < -0.3 is 15.5 Å². The van der Waals surface area contributed by atoms with E-state index in [9.17, 15) is 9.59 Å². The fourth-order valence-corrected chi connectivity index (χ4v) is 5.30. The van der Waals surface area contributed by atoms with Crippen molar-refractivity contribution in [1.82, 2.24) is 35.7 Å². The lowest BCUT2D eigenvalue weighted by Gasteiger charge is -2.35. The van der Waals surface area contributed by atoms with E-state index in [0.29, 0.717) is 25.3 Å². The molecule has 0 bridgehead atoms. The predicted octanol–water partition coefficient (Wildman–Crippen LogP) is 3.08. The minimum Gasteiger partial charge on any atom is -0.343 e. The van der Waals surface area contributed by atoms with Gasteiger partial charge in [0.1, 0.15) is 6.04 Å². The first-order valence-electron chi connectivity index (χ1n) is 12.7. The lowest BCUT2D eigenvalue weighted by molar-refractivity contribution is -0.139. The summed E-state index contributed by atoms with van der Waals surface area (Å²) in [4.78, 5) is 30.3. The second-order valence-electron chi connectivity index (χ2n) is 9.49. The van der Waals surface area contributed by atoms with Crippen molar-refractivity contribution in [1.29, 1.82) is 0 Å². The molecule has 1 aliphatic carbocycles. The van der Waals surface area contributed by atoms with Crippen molar-refractivity contribution in [2.24, 2.45) is 5.92 Å². The average Bonchev–Trinajstić information content (AvgIpc) is 3.54. The van der Waals surface area contributed by atoms with Crippen LogP contribution in [0.15, 0.2) is 30.3 Å². The van der Waals surface area contributed by atoms with Crippen LogP contribution in [-0.4, -0.2) is 62.6 Å². The van der Waals surface area contributed by atoms with Crippen molar-refractivity contribution in [2.75, 3.05) is 13.6 Å². The van der Waals surface area contributed by atoms with Crippen molar-refractivity contribution < 1.29 is 9.59 Å². The first-order valence-corrected chi connectivity index (χ1v) is 12.7.